The van der Waals surface area contributed by atoms with Gasteiger partial charge in [-0.3, -0.25) is 9.59 Å². The third-order valence-electron chi connectivity index (χ3n) is 4.14. The van der Waals surface area contributed by atoms with Crippen LogP contribution < -0.4 is 10.1 Å². The number of carboxylic acids is 1. The van der Waals surface area contributed by atoms with Gasteiger partial charge in [0.25, 0.3) is 0 Å². The smallest absolute Gasteiger partial charge is 0.303 e. The van der Waals surface area contributed by atoms with Gasteiger partial charge in [0.15, 0.2) is 5.75 Å². The molecule has 5 heteroatoms. The lowest BCUT2D eigenvalue weighted by molar-refractivity contribution is -0.137. The Morgan fingerprint density at radius 1 is 1.11 bits per heavy atom. The average molecular weight is 369 g/mol. The van der Waals surface area contributed by atoms with E-state index in [1.165, 1.54) is 6.92 Å². The highest BCUT2D eigenvalue weighted by molar-refractivity contribution is 5.93. The van der Waals surface area contributed by atoms with Crippen LogP contribution in [-0.2, 0) is 16.0 Å². The van der Waals surface area contributed by atoms with Gasteiger partial charge in [-0.1, -0.05) is 43.7 Å². The fraction of sp³-hybridized carbons (Fsp3) is 0.364. The first kappa shape index (κ1) is 20.5. The first-order valence-electron chi connectivity index (χ1n) is 9.35. The number of aryl methyl sites for hydroxylation is 1. The molecule has 144 valence electrons. The molecule has 2 rings (SSSR count). The van der Waals surface area contributed by atoms with Crippen molar-refractivity contribution in [2.24, 2.45) is 0 Å². The van der Waals surface area contributed by atoms with Gasteiger partial charge in [0.1, 0.15) is 0 Å². The number of aliphatic carboxylic acids is 1. The lowest BCUT2D eigenvalue weighted by Crippen LogP contribution is -2.10. The van der Waals surface area contributed by atoms with Gasteiger partial charge in [-0.25, -0.2) is 0 Å². The topological polar surface area (TPSA) is 75.6 Å². The monoisotopic (exact) mass is 369 g/mol. The Kier molecular flexibility index (Phi) is 7.86. The number of carboxylic acid groups (broad SMARTS) is 1. The largest absolute Gasteiger partial charge is 0.491 e. The van der Waals surface area contributed by atoms with Gasteiger partial charge in [-0.05, 0) is 42.5 Å². The first-order valence-corrected chi connectivity index (χ1v) is 9.35. The SMILES string of the molecule is CCCCOc1c(NC(C)=O)cc(CCCC(=O)O)cc1-c1ccccc1. The van der Waals surface area contributed by atoms with Crippen molar-refractivity contribution < 1.29 is 19.4 Å². The molecule has 1 amide bonds. The van der Waals surface area contributed by atoms with Crippen molar-refractivity contribution in [1.82, 2.24) is 0 Å². The van der Waals surface area contributed by atoms with Crippen LogP contribution in [0, 0.1) is 0 Å². The van der Waals surface area contributed by atoms with Gasteiger partial charge in [-0.15, -0.1) is 0 Å². The number of hydrogen-bond acceptors (Lipinski definition) is 3. The molecule has 0 aliphatic carbocycles. The molecule has 0 heterocycles. The number of benzene rings is 2. The van der Waals surface area contributed by atoms with E-state index >= 15 is 0 Å². The molecule has 2 N–H and O–H groups in total. The summed E-state index contributed by atoms with van der Waals surface area (Å²) in [6.07, 6.45) is 3.22. The van der Waals surface area contributed by atoms with E-state index in [9.17, 15) is 9.59 Å². The van der Waals surface area contributed by atoms with Crippen LogP contribution in [0.15, 0.2) is 42.5 Å². The molecule has 0 aliphatic heterocycles. The molecular formula is C22H27NO4. The number of carbonyl (C=O) groups is 2. The number of hydrogen-bond donors (Lipinski definition) is 2. The van der Waals surface area contributed by atoms with E-state index in [-0.39, 0.29) is 12.3 Å². The fourth-order valence-electron chi connectivity index (χ4n) is 2.87. The van der Waals surface area contributed by atoms with E-state index in [4.69, 9.17) is 9.84 Å². The molecule has 0 spiro atoms. The summed E-state index contributed by atoms with van der Waals surface area (Å²) in [5, 5.41) is 11.8. The first-order chi connectivity index (χ1) is 13.0. The Hall–Kier alpha value is -2.82. The summed E-state index contributed by atoms with van der Waals surface area (Å²) in [5.74, 6) is -0.316. The molecule has 2 aromatic carbocycles. The molecule has 0 bridgehead atoms. The second kappa shape index (κ2) is 10.4. The summed E-state index contributed by atoms with van der Waals surface area (Å²) >= 11 is 0. The minimum atomic E-state index is -0.806. The fourth-order valence-corrected chi connectivity index (χ4v) is 2.87. The highest BCUT2D eigenvalue weighted by atomic mass is 16.5. The number of carbonyl (C=O) groups excluding carboxylic acids is 1. The maximum Gasteiger partial charge on any atom is 0.303 e. The van der Waals surface area contributed by atoms with E-state index < -0.39 is 5.97 Å². The van der Waals surface area contributed by atoms with Gasteiger partial charge in [-0.2, -0.15) is 0 Å². The minimum absolute atomic E-state index is 0.116. The Balaban J connectivity index is 2.45. The third kappa shape index (κ3) is 6.44. The van der Waals surface area contributed by atoms with Crippen LogP contribution >= 0.6 is 0 Å². The highest BCUT2D eigenvalue weighted by Crippen LogP contribution is 2.38. The maximum atomic E-state index is 11.7. The molecule has 2 aromatic rings. The van der Waals surface area contributed by atoms with E-state index in [0.717, 1.165) is 29.5 Å². The van der Waals surface area contributed by atoms with Crippen molar-refractivity contribution in [3.05, 3.63) is 48.0 Å². The van der Waals surface area contributed by atoms with Gasteiger partial charge in [0.05, 0.1) is 12.3 Å². The van der Waals surface area contributed by atoms with E-state index in [1.807, 2.05) is 42.5 Å². The van der Waals surface area contributed by atoms with Crippen LogP contribution in [0.3, 0.4) is 0 Å². The van der Waals surface area contributed by atoms with Crippen LogP contribution in [0.5, 0.6) is 5.75 Å². The third-order valence-corrected chi connectivity index (χ3v) is 4.14. The van der Waals surface area contributed by atoms with Crippen molar-refractivity contribution >= 4 is 17.6 Å². The molecule has 0 radical (unpaired) electrons. The lowest BCUT2D eigenvalue weighted by Gasteiger charge is -2.18. The average Bonchev–Trinajstić information content (AvgIpc) is 2.63. The minimum Gasteiger partial charge on any atom is -0.491 e. The van der Waals surface area contributed by atoms with Crippen molar-refractivity contribution in [1.29, 1.82) is 0 Å². The molecule has 0 unspecified atom stereocenters. The van der Waals surface area contributed by atoms with Crippen LogP contribution in [0.4, 0.5) is 5.69 Å². The Morgan fingerprint density at radius 2 is 1.85 bits per heavy atom. The van der Waals surface area contributed by atoms with Gasteiger partial charge < -0.3 is 15.2 Å². The van der Waals surface area contributed by atoms with Gasteiger partial charge in [0, 0.05) is 18.9 Å². The molecule has 0 aliphatic rings. The summed E-state index contributed by atoms with van der Waals surface area (Å²) in [6.45, 7) is 4.14. The standard InChI is InChI=1S/C22H27NO4/c1-3-4-13-27-22-19(18-10-6-5-7-11-18)14-17(9-8-12-21(25)26)15-20(22)23-16(2)24/h5-7,10-11,14-15H,3-4,8-9,12-13H2,1-2H3,(H,23,24)(H,25,26). The number of ether oxygens (including phenoxy) is 1. The molecule has 0 saturated heterocycles. The summed E-state index contributed by atoms with van der Waals surface area (Å²) in [5.41, 5.74) is 3.51. The number of amides is 1. The predicted molar refractivity (Wildman–Crippen MR) is 107 cm³/mol. The summed E-state index contributed by atoms with van der Waals surface area (Å²) in [4.78, 5) is 22.5. The summed E-state index contributed by atoms with van der Waals surface area (Å²) in [6, 6.07) is 13.8. The number of anilines is 1. The predicted octanol–water partition coefficient (Wildman–Crippen LogP) is 4.90. The van der Waals surface area contributed by atoms with E-state index in [2.05, 4.69) is 12.2 Å². The van der Waals surface area contributed by atoms with Crippen molar-refractivity contribution in [3.63, 3.8) is 0 Å². The van der Waals surface area contributed by atoms with Crippen molar-refractivity contribution in [3.8, 4) is 16.9 Å². The maximum absolute atomic E-state index is 11.7. The number of unbranched alkanes of at least 4 members (excludes halogenated alkanes) is 1. The number of rotatable bonds is 10. The molecular weight excluding hydrogens is 342 g/mol. The van der Waals surface area contributed by atoms with Gasteiger partial charge in [0.2, 0.25) is 5.91 Å². The van der Waals surface area contributed by atoms with Gasteiger partial charge >= 0.3 is 5.97 Å². The zero-order chi connectivity index (χ0) is 19.6. The normalized spacial score (nSPS) is 10.4. The molecule has 0 fully saturated rings. The molecule has 0 saturated carbocycles. The summed E-state index contributed by atoms with van der Waals surface area (Å²) < 4.78 is 6.05. The van der Waals surface area contributed by atoms with Crippen molar-refractivity contribution in [2.45, 2.75) is 46.0 Å². The lowest BCUT2D eigenvalue weighted by atomic mass is 9.98. The van der Waals surface area contributed by atoms with Crippen LogP contribution in [0.25, 0.3) is 11.1 Å². The summed E-state index contributed by atoms with van der Waals surface area (Å²) in [7, 11) is 0. The van der Waals surface area contributed by atoms with Crippen LogP contribution in [0.2, 0.25) is 0 Å². The Morgan fingerprint density at radius 3 is 2.48 bits per heavy atom. The highest BCUT2D eigenvalue weighted by Gasteiger charge is 2.15. The quantitative estimate of drug-likeness (QED) is 0.584. The second-order valence-corrected chi connectivity index (χ2v) is 6.52. The molecule has 0 aromatic heterocycles. The Bertz CT molecular complexity index is 771. The molecule has 27 heavy (non-hydrogen) atoms. The van der Waals surface area contributed by atoms with Crippen LogP contribution in [-0.4, -0.2) is 23.6 Å². The second-order valence-electron chi connectivity index (χ2n) is 6.52. The zero-order valence-electron chi connectivity index (χ0n) is 16.0. The Labute approximate surface area is 160 Å². The zero-order valence-corrected chi connectivity index (χ0v) is 16.0. The van der Waals surface area contributed by atoms with E-state index in [1.54, 1.807) is 0 Å². The van der Waals surface area contributed by atoms with E-state index in [0.29, 0.717) is 30.9 Å². The molecule has 5 nitrogen and oxygen atoms in total. The van der Waals surface area contributed by atoms with Crippen molar-refractivity contribution in [2.75, 3.05) is 11.9 Å². The molecule has 0 atom stereocenters. The van der Waals surface area contributed by atoms with Crippen LogP contribution in [0.1, 0.15) is 45.1 Å². The number of nitrogens with one attached hydrogen (secondary N) is 1.